The Balaban J connectivity index is 1.04. The van der Waals surface area contributed by atoms with Crippen molar-refractivity contribution in [1.82, 2.24) is 15.1 Å². The monoisotopic (exact) mass is 561 g/mol. The average Bonchev–Trinajstić information content (AvgIpc) is 3.64. The number of ether oxygens (including phenoxy) is 2. The maximum Gasteiger partial charge on any atom is 0.414 e. The van der Waals surface area contributed by atoms with Crippen LogP contribution in [-0.4, -0.2) is 85.5 Å². The van der Waals surface area contributed by atoms with Crippen LogP contribution in [0, 0.1) is 5.41 Å². The Bertz CT molecular complexity index is 1320. The number of anilines is 1. The zero-order valence-electron chi connectivity index (χ0n) is 22.0. The second-order valence-corrected chi connectivity index (χ2v) is 10.6. The molecule has 0 saturated carbocycles. The van der Waals surface area contributed by atoms with Gasteiger partial charge in [0.15, 0.2) is 0 Å². The summed E-state index contributed by atoms with van der Waals surface area (Å²) in [4.78, 5) is 43.5. The van der Waals surface area contributed by atoms with Gasteiger partial charge in [0.05, 0.1) is 18.0 Å². The van der Waals surface area contributed by atoms with Crippen LogP contribution in [0.2, 0.25) is 0 Å². The van der Waals surface area contributed by atoms with E-state index in [1.807, 2.05) is 35.7 Å². The highest BCUT2D eigenvalue weighted by Crippen LogP contribution is 2.23. The first-order valence-corrected chi connectivity index (χ1v) is 14.0. The number of esters is 1. The smallest absolute Gasteiger partial charge is 0.414 e. The molecule has 208 valence electrons. The molecule has 2 amide bonds. The van der Waals surface area contributed by atoms with Gasteiger partial charge in [-0.3, -0.25) is 29.7 Å². The van der Waals surface area contributed by atoms with Gasteiger partial charge >= 0.3 is 12.1 Å². The quantitative estimate of drug-likeness (QED) is 0.234. The fourth-order valence-corrected chi connectivity index (χ4v) is 5.29. The van der Waals surface area contributed by atoms with Crippen LogP contribution in [0.4, 0.5) is 10.5 Å². The molecule has 2 saturated heterocycles. The van der Waals surface area contributed by atoms with Gasteiger partial charge in [0.1, 0.15) is 18.5 Å². The predicted octanol–water partition coefficient (Wildman–Crippen LogP) is 3.19. The van der Waals surface area contributed by atoms with Gasteiger partial charge in [0, 0.05) is 44.0 Å². The molecule has 0 bridgehead atoms. The van der Waals surface area contributed by atoms with E-state index in [2.05, 4.69) is 15.1 Å². The van der Waals surface area contributed by atoms with Crippen LogP contribution in [0.5, 0.6) is 0 Å². The van der Waals surface area contributed by atoms with Gasteiger partial charge in [0.2, 0.25) is 0 Å². The van der Waals surface area contributed by atoms with E-state index in [4.69, 9.17) is 14.9 Å². The Hall–Kier alpha value is -4.06. The Morgan fingerprint density at radius 3 is 2.40 bits per heavy atom. The zero-order chi connectivity index (χ0) is 27.9. The number of hydrogen-bond acceptors (Lipinski definition) is 9. The van der Waals surface area contributed by atoms with Gasteiger partial charge in [-0.25, -0.2) is 4.79 Å². The van der Waals surface area contributed by atoms with Gasteiger partial charge in [-0.15, -0.1) is 11.3 Å². The third-order valence-electron chi connectivity index (χ3n) is 6.85. The lowest BCUT2D eigenvalue weighted by Gasteiger charge is -2.34. The molecule has 3 heterocycles. The van der Waals surface area contributed by atoms with Crippen LogP contribution in [0.3, 0.4) is 0 Å². The fourth-order valence-electron chi connectivity index (χ4n) is 4.67. The van der Waals surface area contributed by atoms with E-state index in [1.165, 1.54) is 11.3 Å². The summed E-state index contributed by atoms with van der Waals surface area (Å²) >= 11 is 1.31. The predicted molar refractivity (Wildman–Crippen MR) is 152 cm³/mol. The number of carbonyl (C=O) groups is 3. The largest absolute Gasteiger partial charge is 0.460 e. The van der Waals surface area contributed by atoms with E-state index in [9.17, 15) is 14.4 Å². The molecule has 0 radical (unpaired) electrons. The van der Waals surface area contributed by atoms with E-state index in [-0.39, 0.29) is 37.0 Å². The maximum atomic E-state index is 12.6. The third-order valence-corrected chi connectivity index (χ3v) is 7.72. The van der Waals surface area contributed by atoms with Crippen molar-refractivity contribution in [3.05, 3.63) is 88.1 Å². The summed E-state index contributed by atoms with van der Waals surface area (Å²) in [5.74, 6) is -0.557. The summed E-state index contributed by atoms with van der Waals surface area (Å²) in [6.07, 6.45) is -0.670. The summed E-state index contributed by atoms with van der Waals surface area (Å²) in [5.41, 5.74) is 2.18. The summed E-state index contributed by atoms with van der Waals surface area (Å²) in [5, 5.41) is 12.6. The van der Waals surface area contributed by atoms with Gasteiger partial charge in [-0.2, -0.15) is 0 Å². The zero-order valence-corrected chi connectivity index (χ0v) is 22.8. The Morgan fingerprint density at radius 1 is 0.975 bits per heavy atom. The number of carbonyl (C=O) groups excluding carboxylic acids is 3. The van der Waals surface area contributed by atoms with Crippen molar-refractivity contribution < 1.29 is 23.9 Å². The molecule has 5 rings (SSSR count). The molecule has 2 aliphatic heterocycles. The van der Waals surface area contributed by atoms with Crippen LogP contribution in [0.15, 0.2) is 72.1 Å². The molecule has 2 aromatic carbocycles. The van der Waals surface area contributed by atoms with Crippen LogP contribution in [0.25, 0.3) is 0 Å². The Labute approximate surface area is 236 Å². The Morgan fingerprint density at radius 2 is 1.70 bits per heavy atom. The number of benzene rings is 2. The van der Waals surface area contributed by atoms with Crippen molar-refractivity contribution in [3.63, 3.8) is 0 Å². The van der Waals surface area contributed by atoms with Crippen LogP contribution in [-0.2, 0) is 20.9 Å². The molecule has 2 N–H and O–H groups in total. The van der Waals surface area contributed by atoms with Gasteiger partial charge < -0.3 is 14.8 Å². The second kappa shape index (κ2) is 12.9. The SMILES string of the molecule is N=C(NC(=O)c1cccs1)c1ccc(N2CC(CN3CCN(CC(=O)OCc4ccccc4)CC3)OC2=O)cc1. The summed E-state index contributed by atoms with van der Waals surface area (Å²) < 4.78 is 11.0. The van der Waals surface area contributed by atoms with Crippen molar-refractivity contribution in [2.75, 3.05) is 50.7 Å². The van der Waals surface area contributed by atoms with Crippen LogP contribution < -0.4 is 10.2 Å². The molecule has 2 fully saturated rings. The minimum atomic E-state index is -0.404. The minimum absolute atomic E-state index is 0.00424. The summed E-state index contributed by atoms with van der Waals surface area (Å²) in [7, 11) is 0. The van der Waals surface area contributed by atoms with Gasteiger partial charge in [-0.05, 0) is 41.3 Å². The number of amides is 2. The molecule has 0 aliphatic carbocycles. The standard InChI is InChI=1S/C29H31N5O5S/c30-27(31-28(36)25-7-4-16-40-25)22-8-10-23(11-9-22)34-18-24(39-29(34)37)17-32-12-14-33(15-13-32)19-26(35)38-20-21-5-2-1-3-6-21/h1-11,16,24H,12-15,17-20H2,(H2,30,31,36). The molecular weight excluding hydrogens is 530 g/mol. The van der Waals surface area contributed by atoms with E-state index in [0.717, 1.165) is 31.7 Å². The summed E-state index contributed by atoms with van der Waals surface area (Å²) in [6, 6.07) is 20.0. The second-order valence-electron chi connectivity index (χ2n) is 9.69. The molecule has 1 unspecified atom stereocenters. The minimum Gasteiger partial charge on any atom is -0.460 e. The number of hydrogen-bond donors (Lipinski definition) is 2. The number of rotatable bonds is 9. The number of thiophene rings is 1. The summed E-state index contributed by atoms with van der Waals surface area (Å²) in [6.45, 7) is 4.60. The molecule has 1 atom stereocenters. The van der Waals surface area contributed by atoms with Crippen molar-refractivity contribution in [1.29, 1.82) is 5.41 Å². The Kier molecular flexibility index (Phi) is 8.84. The third kappa shape index (κ3) is 7.12. The van der Waals surface area contributed by atoms with E-state index in [1.54, 1.807) is 41.3 Å². The maximum absolute atomic E-state index is 12.6. The van der Waals surface area contributed by atoms with Crippen LogP contribution >= 0.6 is 11.3 Å². The number of amidine groups is 1. The van der Waals surface area contributed by atoms with E-state index >= 15 is 0 Å². The average molecular weight is 562 g/mol. The molecular formula is C29H31N5O5S. The highest BCUT2D eigenvalue weighted by atomic mass is 32.1. The number of nitrogens with one attached hydrogen (secondary N) is 2. The van der Waals surface area contributed by atoms with Crippen molar-refractivity contribution in [3.8, 4) is 0 Å². The van der Waals surface area contributed by atoms with Crippen LogP contribution in [0.1, 0.15) is 20.8 Å². The number of cyclic esters (lactones) is 1. The molecule has 11 heteroatoms. The first kappa shape index (κ1) is 27.5. The highest BCUT2D eigenvalue weighted by molar-refractivity contribution is 7.12. The first-order chi connectivity index (χ1) is 19.4. The van der Waals surface area contributed by atoms with Gasteiger partial charge in [-0.1, -0.05) is 36.4 Å². The van der Waals surface area contributed by atoms with Crippen molar-refractivity contribution in [2.45, 2.75) is 12.7 Å². The lowest BCUT2D eigenvalue weighted by Crippen LogP contribution is -2.50. The molecule has 3 aromatic rings. The molecule has 0 spiro atoms. The molecule has 40 heavy (non-hydrogen) atoms. The normalized spacial score (nSPS) is 17.9. The molecule has 1 aromatic heterocycles. The lowest BCUT2D eigenvalue weighted by molar-refractivity contribution is -0.146. The molecule has 2 aliphatic rings. The topological polar surface area (TPSA) is 115 Å². The lowest BCUT2D eigenvalue weighted by atomic mass is 10.1. The molecule has 10 nitrogen and oxygen atoms in total. The van der Waals surface area contributed by atoms with Crippen molar-refractivity contribution >= 4 is 40.8 Å². The van der Waals surface area contributed by atoms with Crippen molar-refractivity contribution in [2.24, 2.45) is 0 Å². The fraction of sp³-hybridized carbons (Fsp3) is 0.310. The first-order valence-electron chi connectivity index (χ1n) is 13.1. The highest BCUT2D eigenvalue weighted by Gasteiger charge is 2.34. The number of nitrogens with zero attached hydrogens (tertiary/aromatic N) is 3. The van der Waals surface area contributed by atoms with Gasteiger partial charge in [0.25, 0.3) is 5.91 Å². The van der Waals surface area contributed by atoms with E-state index in [0.29, 0.717) is 29.2 Å². The van der Waals surface area contributed by atoms with E-state index < -0.39 is 6.09 Å². The number of piperazine rings is 1.